The van der Waals surface area contributed by atoms with Crippen molar-refractivity contribution < 1.29 is 14.4 Å². The number of carbonyl (C=O) groups excluding carboxylic acids is 3. The van der Waals surface area contributed by atoms with Crippen LogP contribution in [0.2, 0.25) is 0 Å². The van der Waals surface area contributed by atoms with Crippen LogP contribution in [0.3, 0.4) is 0 Å². The van der Waals surface area contributed by atoms with E-state index < -0.39 is 5.91 Å². The minimum absolute atomic E-state index is 0.0900. The van der Waals surface area contributed by atoms with Crippen LogP contribution < -0.4 is 11.1 Å². The Kier molecular flexibility index (Phi) is 7.43. The fraction of sp³-hybridized carbons (Fsp3) is 0.250. The molecule has 7 heteroatoms. The summed E-state index contributed by atoms with van der Waals surface area (Å²) in [7, 11) is 1.69. The van der Waals surface area contributed by atoms with Crippen molar-refractivity contribution >= 4 is 35.2 Å². The minimum atomic E-state index is -0.499. The minimum Gasteiger partial charge on any atom is -0.366 e. The van der Waals surface area contributed by atoms with E-state index in [0.717, 1.165) is 16.8 Å². The predicted octanol–water partition coefficient (Wildman–Crippen LogP) is 2.42. The van der Waals surface area contributed by atoms with Crippen LogP contribution in [0.1, 0.15) is 21.5 Å². The first-order valence-corrected chi connectivity index (χ1v) is 9.57. The number of thioether (sulfide) groups is 1. The Bertz CT molecular complexity index is 839. The molecule has 2 rings (SSSR count). The molecular formula is C20H23N3O3S. The molecule has 0 heterocycles. The second-order valence-corrected chi connectivity index (χ2v) is 7.21. The van der Waals surface area contributed by atoms with E-state index in [-0.39, 0.29) is 23.3 Å². The second kappa shape index (κ2) is 9.78. The lowest BCUT2D eigenvalue weighted by molar-refractivity contribution is -0.127. The average Bonchev–Trinajstić information content (AvgIpc) is 2.61. The summed E-state index contributed by atoms with van der Waals surface area (Å²) < 4.78 is 0. The van der Waals surface area contributed by atoms with Crippen molar-refractivity contribution in [1.82, 2.24) is 4.90 Å². The summed E-state index contributed by atoms with van der Waals surface area (Å²) in [5.41, 5.74) is 8.32. The molecule has 0 aliphatic rings. The van der Waals surface area contributed by atoms with Gasteiger partial charge in [0.25, 0.3) is 0 Å². The van der Waals surface area contributed by atoms with Gasteiger partial charge in [0.05, 0.1) is 11.5 Å². The zero-order chi connectivity index (χ0) is 19.8. The van der Waals surface area contributed by atoms with E-state index in [4.69, 9.17) is 5.73 Å². The average molecular weight is 385 g/mol. The standard InChI is InChI=1S/C20H23N3O3S/c1-14-5-3-8-17(9-14)22-18(24)12-27-13-19(25)23(2)11-15-6-4-7-16(10-15)20(21)26/h3-10H,11-13H2,1-2H3,(H2,21,26)(H,22,24). The zero-order valence-corrected chi connectivity index (χ0v) is 16.2. The topological polar surface area (TPSA) is 92.5 Å². The molecule has 0 saturated heterocycles. The molecule has 2 aromatic carbocycles. The maximum absolute atomic E-state index is 12.2. The first-order chi connectivity index (χ1) is 12.8. The first kappa shape index (κ1) is 20.5. The quantitative estimate of drug-likeness (QED) is 0.730. The normalized spacial score (nSPS) is 10.3. The molecule has 6 nitrogen and oxygen atoms in total. The smallest absolute Gasteiger partial charge is 0.248 e. The van der Waals surface area contributed by atoms with Gasteiger partial charge in [-0.25, -0.2) is 0 Å². The summed E-state index contributed by atoms with van der Waals surface area (Å²) in [5.74, 6) is -0.332. The molecule has 0 aliphatic heterocycles. The number of aryl methyl sites for hydroxylation is 1. The maximum Gasteiger partial charge on any atom is 0.248 e. The van der Waals surface area contributed by atoms with Crippen LogP contribution in [-0.4, -0.2) is 41.2 Å². The summed E-state index contributed by atoms with van der Waals surface area (Å²) in [6.07, 6.45) is 0. The third-order valence-electron chi connectivity index (χ3n) is 3.82. The van der Waals surface area contributed by atoms with Gasteiger partial charge in [-0.15, -0.1) is 11.8 Å². The van der Waals surface area contributed by atoms with Gasteiger partial charge >= 0.3 is 0 Å². The number of amides is 3. The lowest BCUT2D eigenvalue weighted by Gasteiger charge is -2.17. The molecule has 142 valence electrons. The molecule has 2 aromatic rings. The van der Waals surface area contributed by atoms with E-state index in [2.05, 4.69) is 5.32 Å². The van der Waals surface area contributed by atoms with E-state index in [0.29, 0.717) is 12.1 Å². The lowest BCUT2D eigenvalue weighted by atomic mass is 10.1. The van der Waals surface area contributed by atoms with Gasteiger partial charge in [0, 0.05) is 24.8 Å². The largest absolute Gasteiger partial charge is 0.366 e. The molecule has 3 amide bonds. The van der Waals surface area contributed by atoms with Crippen LogP contribution in [0.25, 0.3) is 0 Å². The number of hydrogen-bond acceptors (Lipinski definition) is 4. The third kappa shape index (κ3) is 6.79. The number of nitrogens with two attached hydrogens (primary N) is 1. The highest BCUT2D eigenvalue weighted by Gasteiger charge is 2.12. The van der Waals surface area contributed by atoms with Gasteiger partial charge in [-0.2, -0.15) is 0 Å². The van der Waals surface area contributed by atoms with Crippen LogP contribution in [0.5, 0.6) is 0 Å². The molecule has 27 heavy (non-hydrogen) atoms. The molecule has 3 N–H and O–H groups in total. The molecule has 0 spiro atoms. The molecule has 0 aliphatic carbocycles. The van der Waals surface area contributed by atoms with Crippen LogP contribution in [0.4, 0.5) is 5.69 Å². The van der Waals surface area contributed by atoms with Crippen LogP contribution >= 0.6 is 11.8 Å². The molecule has 0 atom stereocenters. The van der Waals surface area contributed by atoms with E-state index in [1.165, 1.54) is 11.8 Å². The molecule has 0 unspecified atom stereocenters. The van der Waals surface area contributed by atoms with Crippen LogP contribution in [0, 0.1) is 6.92 Å². The first-order valence-electron chi connectivity index (χ1n) is 8.42. The van der Waals surface area contributed by atoms with Gasteiger partial charge in [0.2, 0.25) is 17.7 Å². The van der Waals surface area contributed by atoms with Gasteiger partial charge in [0.1, 0.15) is 0 Å². The number of anilines is 1. The van der Waals surface area contributed by atoms with E-state index in [1.54, 1.807) is 30.1 Å². The molecule has 0 aromatic heterocycles. The molecule has 0 bridgehead atoms. The van der Waals surface area contributed by atoms with Crippen LogP contribution in [-0.2, 0) is 16.1 Å². The predicted molar refractivity (Wildman–Crippen MR) is 109 cm³/mol. The highest BCUT2D eigenvalue weighted by molar-refractivity contribution is 8.00. The summed E-state index contributed by atoms with van der Waals surface area (Å²) in [4.78, 5) is 37.0. The monoisotopic (exact) mass is 385 g/mol. The third-order valence-corrected chi connectivity index (χ3v) is 4.73. The lowest BCUT2D eigenvalue weighted by Crippen LogP contribution is -2.28. The molecular weight excluding hydrogens is 362 g/mol. The van der Waals surface area contributed by atoms with E-state index >= 15 is 0 Å². The van der Waals surface area contributed by atoms with Crippen LogP contribution in [0.15, 0.2) is 48.5 Å². The maximum atomic E-state index is 12.2. The van der Waals surface area contributed by atoms with Crippen molar-refractivity contribution in [3.63, 3.8) is 0 Å². The van der Waals surface area contributed by atoms with E-state index in [9.17, 15) is 14.4 Å². The van der Waals surface area contributed by atoms with Crippen molar-refractivity contribution in [2.24, 2.45) is 5.73 Å². The van der Waals surface area contributed by atoms with E-state index in [1.807, 2.05) is 37.3 Å². The highest BCUT2D eigenvalue weighted by atomic mass is 32.2. The van der Waals surface area contributed by atoms with Gasteiger partial charge in [-0.1, -0.05) is 24.3 Å². The summed E-state index contributed by atoms with van der Waals surface area (Å²) in [6.45, 7) is 2.33. The molecule has 0 saturated carbocycles. The summed E-state index contributed by atoms with van der Waals surface area (Å²) >= 11 is 1.26. The SMILES string of the molecule is Cc1cccc(NC(=O)CSCC(=O)N(C)Cc2cccc(C(N)=O)c2)c1. The van der Waals surface area contributed by atoms with Crippen molar-refractivity contribution in [2.75, 3.05) is 23.9 Å². The highest BCUT2D eigenvalue weighted by Crippen LogP contribution is 2.12. The van der Waals surface area contributed by atoms with Gasteiger partial charge in [0.15, 0.2) is 0 Å². The van der Waals surface area contributed by atoms with Crippen molar-refractivity contribution in [3.8, 4) is 0 Å². The zero-order valence-electron chi connectivity index (χ0n) is 15.4. The number of hydrogen-bond donors (Lipinski definition) is 2. The van der Waals surface area contributed by atoms with Gasteiger partial charge in [-0.05, 0) is 42.3 Å². The van der Waals surface area contributed by atoms with Gasteiger partial charge < -0.3 is 16.0 Å². The van der Waals surface area contributed by atoms with Crippen molar-refractivity contribution in [3.05, 3.63) is 65.2 Å². The summed E-state index contributed by atoms with van der Waals surface area (Å²) in [6, 6.07) is 14.4. The molecule has 0 radical (unpaired) electrons. The number of nitrogens with one attached hydrogen (secondary N) is 1. The fourth-order valence-corrected chi connectivity index (χ4v) is 3.20. The summed E-state index contributed by atoms with van der Waals surface area (Å²) in [5, 5.41) is 2.81. The number of carbonyl (C=O) groups is 3. The number of rotatable bonds is 8. The Hall–Kier alpha value is -2.80. The second-order valence-electron chi connectivity index (χ2n) is 6.22. The number of primary amides is 1. The van der Waals surface area contributed by atoms with Crippen molar-refractivity contribution in [1.29, 1.82) is 0 Å². The fourth-order valence-electron chi connectivity index (χ4n) is 2.45. The Labute approximate surface area is 163 Å². The van der Waals surface area contributed by atoms with Gasteiger partial charge in [-0.3, -0.25) is 14.4 Å². The van der Waals surface area contributed by atoms with Crippen molar-refractivity contribution in [2.45, 2.75) is 13.5 Å². The Morgan fingerprint density at radius 3 is 2.52 bits per heavy atom. The number of nitrogens with zero attached hydrogens (tertiary/aromatic N) is 1. The Balaban J connectivity index is 1.77. The number of benzene rings is 2. The Morgan fingerprint density at radius 2 is 1.81 bits per heavy atom. The molecule has 0 fully saturated rings. The Morgan fingerprint density at radius 1 is 1.07 bits per heavy atom.